The Morgan fingerprint density at radius 3 is 2.55 bits per heavy atom. The van der Waals surface area contributed by atoms with Crippen molar-refractivity contribution in [3.8, 4) is 0 Å². The zero-order chi connectivity index (χ0) is 27.6. The third kappa shape index (κ3) is 4.40. The van der Waals surface area contributed by atoms with Crippen LogP contribution in [0.5, 0.6) is 0 Å². The molecule has 3 heterocycles. The van der Waals surface area contributed by atoms with Crippen LogP contribution in [0.3, 0.4) is 0 Å². The third-order valence-electron chi connectivity index (χ3n) is 9.61. The zero-order valence-electron chi connectivity index (χ0n) is 22.5. The summed E-state index contributed by atoms with van der Waals surface area (Å²) in [6.45, 7) is 2.08. The molecule has 1 saturated carbocycles. The molecule has 1 N–H and O–H groups in total. The van der Waals surface area contributed by atoms with Gasteiger partial charge in [-0.05, 0) is 80.9 Å². The molecule has 5 aliphatic rings. The van der Waals surface area contributed by atoms with Crippen molar-refractivity contribution in [3.63, 3.8) is 0 Å². The number of nitrogens with zero attached hydrogens (tertiary/aromatic N) is 3. The van der Waals surface area contributed by atoms with Gasteiger partial charge in [0.15, 0.2) is 0 Å². The number of aromatic nitrogens is 2. The molecule has 0 bridgehead atoms. The van der Waals surface area contributed by atoms with E-state index in [9.17, 15) is 19.5 Å². The number of benzene rings is 1. The number of carbonyl (C=O) groups excluding carboxylic acids is 2. The summed E-state index contributed by atoms with van der Waals surface area (Å²) in [4.78, 5) is 41.2. The van der Waals surface area contributed by atoms with Gasteiger partial charge in [-0.15, -0.1) is 0 Å². The van der Waals surface area contributed by atoms with Crippen molar-refractivity contribution in [2.24, 2.45) is 11.8 Å². The minimum atomic E-state index is -0.776. The lowest BCUT2D eigenvalue weighted by atomic mass is 9.81. The molecule has 3 aliphatic carbocycles. The fourth-order valence-electron chi connectivity index (χ4n) is 7.20. The summed E-state index contributed by atoms with van der Waals surface area (Å²) in [5.74, 6) is -1.16. The fourth-order valence-corrected chi connectivity index (χ4v) is 7.46. The summed E-state index contributed by atoms with van der Waals surface area (Å²) in [6.07, 6.45) is 9.53. The molecule has 3 fully saturated rings. The number of carboxylic acids is 1. The Kier molecular flexibility index (Phi) is 6.39. The highest BCUT2D eigenvalue weighted by Gasteiger charge is 2.49. The molecular weight excluding hydrogens is 530 g/mol. The van der Waals surface area contributed by atoms with Gasteiger partial charge < -0.3 is 14.7 Å². The van der Waals surface area contributed by atoms with Crippen LogP contribution in [0, 0.1) is 11.8 Å². The number of rotatable bonds is 5. The Morgan fingerprint density at radius 2 is 1.88 bits per heavy atom. The molecule has 7 rings (SSSR count). The van der Waals surface area contributed by atoms with Crippen molar-refractivity contribution in [1.29, 1.82) is 0 Å². The molecular formula is C31H34ClN3O5. The van der Waals surface area contributed by atoms with Gasteiger partial charge in [0.25, 0.3) is 5.91 Å². The highest BCUT2D eigenvalue weighted by Crippen LogP contribution is 2.44. The predicted octanol–water partition coefficient (Wildman–Crippen LogP) is 4.87. The van der Waals surface area contributed by atoms with Crippen LogP contribution in [0.2, 0.25) is 5.02 Å². The van der Waals surface area contributed by atoms with Crippen LogP contribution >= 0.6 is 11.6 Å². The van der Waals surface area contributed by atoms with E-state index in [1.165, 1.54) is 4.68 Å². The Labute approximate surface area is 238 Å². The molecule has 1 aromatic carbocycles. The van der Waals surface area contributed by atoms with E-state index in [-0.39, 0.29) is 23.3 Å². The van der Waals surface area contributed by atoms with Gasteiger partial charge >= 0.3 is 5.97 Å². The topological polar surface area (TPSA) is 102 Å². The maximum absolute atomic E-state index is 14.2. The molecule has 40 heavy (non-hydrogen) atoms. The quantitative estimate of drug-likeness (QED) is 0.557. The number of hydrogen-bond donors (Lipinski definition) is 1. The van der Waals surface area contributed by atoms with E-state index in [0.717, 1.165) is 60.4 Å². The molecule has 2 unspecified atom stereocenters. The second-order valence-electron chi connectivity index (χ2n) is 12.3. The normalized spacial score (nSPS) is 25.3. The van der Waals surface area contributed by atoms with E-state index in [0.29, 0.717) is 68.1 Å². The number of hydrogen-bond acceptors (Lipinski definition) is 5. The second-order valence-corrected chi connectivity index (χ2v) is 12.7. The van der Waals surface area contributed by atoms with Gasteiger partial charge in [0, 0.05) is 24.5 Å². The molecule has 2 aromatic rings. The summed E-state index contributed by atoms with van der Waals surface area (Å²) in [5, 5.41) is 14.8. The number of allylic oxidation sites excluding steroid dienone is 2. The standard InChI is InChI=1S/C31H34ClN3O5/c32-24-4-1-3-22(18-5-6-18)26(24)29(37)35-25-15-21(28(36)34-16-31(17-34)13-2-14-40-31)11-12-23(25)27(33-35)19-7-9-20(10-8-19)30(38)39/h1,3-4,7,18,20-21H,2,5-6,8-17H2,(H,38,39). The van der Waals surface area contributed by atoms with Crippen LogP contribution in [0.1, 0.15) is 90.2 Å². The first-order valence-electron chi connectivity index (χ1n) is 14.6. The van der Waals surface area contributed by atoms with Crippen LogP contribution in [-0.4, -0.2) is 62.9 Å². The lowest BCUT2D eigenvalue weighted by Crippen LogP contribution is -2.64. The van der Waals surface area contributed by atoms with E-state index >= 15 is 0 Å². The minimum absolute atomic E-state index is 0.131. The van der Waals surface area contributed by atoms with Crippen molar-refractivity contribution >= 4 is 35.0 Å². The Morgan fingerprint density at radius 1 is 1.07 bits per heavy atom. The van der Waals surface area contributed by atoms with E-state index < -0.39 is 11.9 Å². The first-order chi connectivity index (χ1) is 19.3. The highest BCUT2D eigenvalue weighted by atomic mass is 35.5. The number of likely N-dealkylation sites (tertiary alicyclic amines) is 1. The van der Waals surface area contributed by atoms with Crippen molar-refractivity contribution in [2.45, 2.75) is 75.7 Å². The molecule has 2 saturated heterocycles. The number of aliphatic carboxylic acids is 1. The number of ether oxygens (including phenoxy) is 1. The smallest absolute Gasteiger partial charge is 0.306 e. The van der Waals surface area contributed by atoms with E-state index in [2.05, 4.69) is 0 Å². The Hall–Kier alpha value is -2.97. The number of carbonyl (C=O) groups is 3. The van der Waals surface area contributed by atoms with Crippen molar-refractivity contribution in [3.05, 3.63) is 57.4 Å². The molecule has 1 aromatic heterocycles. The maximum atomic E-state index is 14.2. The van der Waals surface area contributed by atoms with Crippen LogP contribution in [0.25, 0.3) is 5.57 Å². The first kappa shape index (κ1) is 26.0. The fraction of sp³-hybridized carbons (Fsp3) is 0.548. The van der Waals surface area contributed by atoms with Crippen LogP contribution in [0.15, 0.2) is 24.3 Å². The highest BCUT2D eigenvalue weighted by molar-refractivity contribution is 6.34. The van der Waals surface area contributed by atoms with Crippen molar-refractivity contribution < 1.29 is 24.2 Å². The molecule has 0 radical (unpaired) electrons. The lowest BCUT2D eigenvalue weighted by molar-refractivity contribution is -0.162. The number of carboxylic acid groups (broad SMARTS) is 1. The van der Waals surface area contributed by atoms with Crippen LogP contribution in [-0.2, 0) is 27.2 Å². The Bertz CT molecular complexity index is 1430. The van der Waals surface area contributed by atoms with Crippen molar-refractivity contribution in [2.75, 3.05) is 19.7 Å². The largest absolute Gasteiger partial charge is 0.481 e. The SMILES string of the molecule is O=C(O)C1CC=C(c2nn(C(=O)c3c(Cl)cccc3C3CC3)c3c2CCC(C(=O)N2CC4(CCCO4)C2)C3)CC1. The van der Waals surface area contributed by atoms with Gasteiger partial charge in [-0.3, -0.25) is 14.4 Å². The number of amides is 1. The molecule has 1 spiro atoms. The maximum Gasteiger partial charge on any atom is 0.306 e. The Balaban J connectivity index is 1.23. The summed E-state index contributed by atoms with van der Waals surface area (Å²) in [5.41, 5.74) is 4.90. The third-order valence-corrected chi connectivity index (χ3v) is 9.92. The predicted molar refractivity (Wildman–Crippen MR) is 148 cm³/mol. The minimum Gasteiger partial charge on any atom is -0.481 e. The van der Waals surface area contributed by atoms with Crippen LogP contribution in [0.4, 0.5) is 0 Å². The second kappa shape index (κ2) is 9.84. The number of fused-ring (bicyclic) bond motifs is 1. The lowest BCUT2D eigenvalue weighted by Gasteiger charge is -2.48. The van der Waals surface area contributed by atoms with Gasteiger partial charge in [0.05, 0.1) is 41.0 Å². The molecule has 9 heteroatoms. The van der Waals surface area contributed by atoms with Crippen LogP contribution < -0.4 is 0 Å². The van der Waals surface area contributed by atoms with E-state index in [1.807, 2.05) is 23.1 Å². The average Bonchev–Trinajstić information content (AvgIpc) is 3.54. The monoisotopic (exact) mass is 563 g/mol. The van der Waals surface area contributed by atoms with Gasteiger partial charge in [-0.2, -0.15) is 9.78 Å². The van der Waals surface area contributed by atoms with E-state index in [1.54, 1.807) is 6.07 Å². The summed E-state index contributed by atoms with van der Waals surface area (Å²) in [6, 6.07) is 5.63. The van der Waals surface area contributed by atoms with E-state index in [4.69, 9.17) is 21.4 Å². The summed E-state index contributed by atoms with van der Waals surface area (Å²) < 4.78 is 7.44. The molecule has 8 nitrogen and oxygen atoms in total. The zero-order valence-corrected chi connectivity index (χ0v) is 23.3. The summed E-state index contributed by atoms with van der Waals surface area (Å²) >= 11 is 6.64. The molecule has 210 valence electrons. The number of halogens is 1. The average molecular weight is 564 g/mol. The summed E-state index contributed by atoms with van der Waals surface area (Å²) in [7, 11) is 0. The van der Waals surface area contributed by atoms with Crippen molar-refractivity contribution in [1.82, 2.24) is 14.7 Å². The van der Waals surface area contributed by atoms with Gasteiger partial charge in [0.2, 0.25) is 5.91 Å². The molecule has 2 atom stereocenters. The van der Waals surface area contributed by atoms with Gasteiger partial charge in [-0.1, -0.05) is 29.8 Å². The van der Waals surface area contributed by atoms with Gasteiger partial charge in [0.1, 0.15) is 5.60 Å². The molecule has 1 amide bonds. The van der Waals surface area contributed by atoms with Gasteiger partial charge in [-0.25, -0.2) is 0 Å². The molecule has 2 aliphatic heterocycles. The first-order valence-corrected chi connectivity index (χ1v) is 15.0.